The van der Waals surface area contributed by atoms with Crippen LogP contribution in [-0.2, 0) is 11.0 Å². The van der Waals surface area contributed by atoms with Crippen molar-refractivity contribution < 1.29 is 18.0 Å². The van der Waals surface area contributed by atoms with Crippen molar-refractivity contribution in [3.63, 3.8) is 0 Å². The largest absolute Gasteiger partial charge is 0.416 e. The van der Waals surface area contributed by atoms with E-state index in [0.29, 0.717) is 12.8 Å². The summed E-state index contributed by atoms with van der Waals surface area (Å²) in [7, 11) is 1.68. The molecular formula is C12H12F3NO. The van der Waals surface area contributed by atoms with Gasteiger partial charge in [0.25, 0.3) is 0 Å². The quantitative estimate of drug-likeness (QED) is 0.742. The minimum absolute atomic E-state index is 0.0369. The molecule has 1 amide bonds. The molecule has 1 aliphatic heterocycles. The summed E-state index contributed by atoms with van der Waals surface area (Å²) in [6.45, 7) is 0. The standard InChI is InChI=1S/C12H12F3NO/c1-16-10(6-7-11(16)17)8-2-4-9(5-3-8)12(13,14)15/h2-5,10H,6-7H2,1H3/t10-/m1/s1. The van der Waals surface area contributed by atoms with Crippen LogP contribution in [0.4, 0.5) is 13.2 Å². The third kappa shape index (κ3) is 2.28. The normalized spacial score (nSPS) is 21.1. The van der Waals surface area contributed by atoms with Crippen molar-refractivity contribution >= 4 is 5.91 Å². The van der Waals surface area contributed by atoms with Gasteiger partial charge in [0.05, 0.1) is 11.6 Å². The highest BCUT2D eigenvalue weighted by atomic mass is 19.4. The fourth-order valence-corrected chi connectivity index (χ4v) is 2.09. The zero-order chi connectivity index (χ0) is 12.6. The van der Waals surface area contributed by atoms with Crippen molar-refractivity contribution in [1.29, 1.82) is 0 Å². The van der Waals surface area contributed by atoms with Crippen molar-refractivity contribution in [2.75, 3.05) is 7.05 Å². The first kappa shape index (κ1) is 12.0. The van der Waals surface area contributed by atoms with Gasteiger partial charge in [-0.2, -0.15) is 13.2 Å². The van der Waals surface area contributed by atoms with Crippen LogP contribution in [0.3, 0.4) is 0 Å². The second-order valence-corrected chi connectivity index (χ2v) is 4.18. The lowest BCUT2D eigenvalue weighted by Gasteiger charge is -2.20. The van der Waals surface area contributed by atoms with Crippen molar-refractivity contribution in [2.24, 2.45) is 0 Å². The van der Waals surface area contributed by atoms with Crippen LogP contribution in [-0.4, -0.2) is 17.9 Å². The summed E-state index contributed by atoms with van der Waals surface area (Å²) in [5.74, 6) is 0.0369. The van der Waals surface area contributed by atoms with Crippen LogP contribution in [0.1, 0.15) is 30.0 Å². The van der Waals surface area contributed by atoms with E-state index >= 15 is 0 Å². The van der Waals surface area contributed by atoms with Crippen molar-refractivity contribution in [3.05, 3.63) is 35.4 Å². The molecule has 0 radical (unpaired) electrons. The molecule has 0 bridgehead atoms. The van der Waals surface area contributed by atoms with Gasteiger partial charge in [-0.15, -0.1) is 0 Å². The molecule has 5 heteroatoms. The van der Waals surface area contributed by atoms with Gasteiger partial charge in [-0.3, -0.25) is 4.79 Å². The van der Waals surface area contributed by atoms with E-state index in [1.165, 1.54) is 12.1 Å². The number of carbonyl (C=O) groups excluding carboxylic acids is 1. The van der Waals surface area contributed by atoms with Crippen LogP contribution in [0, 0.1) is 0 Å². The van der Waals surface area contributed by atoms with Crippen molar-refractivity contribution in [3.8, 4) is 0 Å². The predicted molar refractivity (Wildman–Crippen MR) is 56.2 cm³/mol. The summed E-state index contributed by atoms with van der Waals surface area (Å²) in [6, 6.07) is 4.92. The van der Waals surface area contributed by atoms with E-state index in [1.807, 2.05) is 0 Å². The molecule has 0 aliphatic carbocycles. The lowest BCUT2D eigenvalue weighted by molar-refractivity contribution is -0.137. The smallest absolute Gasteiger partial charge is 0.339 e. The van der Waals surface area contributed by atoms with Crippen LogP contribution < -0.4 is 0 Å². The van der Waals surface area contributed by atoms with Gasteiger partial charge in [-0.1, -0.05) is 12.1 Å². The van der Waals surface area contributed by atoms with E-state index in [0.717, 1.165) is 17.7 Å². The number of alkyl halides is 3. The number of carbonyl (C=O) groups is 1. The minimum atomic E-state index is -4.31. The average Bonchev–Trinajstić information content (AvgIpc) is 2.59. The number of likely N-dealkylation sites (tertiary alicyclic amines) is 1. The first-order chi connectivity index (χ1) is 7.89. The Bertz CT molecular complexity index is 424. The highest BCUT2D eigenvalue weighted by molar-refractivity contribution is 5.78. The Morgan fingerprint density at radius 1 is 1.24 bits per heavy atom. The number of halogens is 3. The molecule has 0 unspecified atom stereocenters. The van der Waals surface area contributed by atoms with Crippen LogP contribution in [0.2, 0.25) is 0 Å². The summed E-state index contributed by atoms with van der Waals surface area (Å²) in [5.41, 5.74) is 0.0968. The molecule has 0 aromatic heterocycles. The van der Waals surface area contributed by atoms with E-state index in [9.17, 15) is 18.0 Å². The summed E-state index contributed by atoms with van der Waals surface area (Å²) in [5, 5.41) is 0. The molecule has 17 heavy (non-hydrogen) atoms. The summed E-state index contributed by atoms with van der Waals surface area (Å²) >= 11 is 0. The van der Waals surface area contributed by atoms with E-state index in [2.05, 4.69) is 0 Å². The summed E-state index contributed by atoms with van der Waals surface area (Å²) < 4.78 is 37.1. The molecule has 92 valence electrons. The number of nitrogens with zero attached hydrogens (tertiary/aromatic N) is 1. The van der Waals surface area contributed by atoms with Crippen LogP contribution in [0.5, 0.6) is 0 Å². The first-order valence-electron chi connectivity index (χ1n) is 5.32. The number of rotatable bonds is 1. The maximum atomic E-state index is 12.4. The first-order valence-corrected chi connectivity index (χ1v) is 5.32. The maximum Gasteiger partial charge on any atom is 0.416 e. The number of hydrogen-bond acceptors (Lipinski definition) is 1. The Hall–Kier alpha value is -1.52. The Balaban J connectivity index is 2.22. The molecule has 1 aromatic rings. The molecule has 1 saturated heterocycles. The minimum Gasteiger partial charge on any atom is -0.339 e. The van der Waals surface area contributed by atoms with Gasteiger partial charge in [0.2, 0.25) is 5.91 Å². The highest BCUT2D eigenvalue weighted by Crippen LogP contribution is 2.34. The number of benzene rings is 1. The lowest BCUT2D eigenvalue weighted by atomic mass is 10.0. The number of amides is 1. The molecule has 1 fully saturated rings. The van der Waals surface area contributed by atoms with Gasteiger partial charge in [0.1, 0.15) is 0 Å². The van der Waals surface area contributed by atoms with E-state index in [1.54, 1.807) is 11.9 Å². The van der Waals surface area contributed by atoms with Gasteiger partial charge in [-0.05, 0) is 24.1 Å². The molecule has 1 atom stereocenters. The third-order valence-electron chi connectivity index (χ3n) is 3.12. The predicted octanol–water partition coefficient (Wildman–Crippen LogP) is 3.00. The molecule has 0 spiro atoms. The van der Waals surface area contributed by atoms with Crippen molar-refractivity contribution in [2.45, 2.75) is 25.1 Å². The molecule has 2 nitrogen and oxygen atoms in total. The maximum absolute atomic E-state index is 12.4. The monoisotopic (exact) mass is 243 g/mol. The van der Waals surface area contributed by atoms with Gasteiger partial charge in [0.15, 0.2) is 0 Å². The lowest BCUT2D eigenvalue weighted by Crippen LogP contribution is -2.22. The van der Waals surface area contributed by atoms with Crippen LogP contribution in [0.15, 0.2) is 24.3 Å². The fraction of sp³-hybridized carbons (Fsp3) is 0.417. The van der Waals surface area contributed by atoms with E-state index in [-0.39, 0.29) is 11.9 Å². The molecule has 0 N–H and O–H groups in total. The Morgan fingerprint density at radius 3 is 2.24 bits per heavy atom. The Morgan fingerprint density at radius 2 is 1.82 bits per heavy atom. The topological polar surface area (TPSA) is 20.3 Å². The molecule has 1 aromatic carbocycles. The van der Waals surface area contributed by atoms with E-state index < -0.39 is 11.7 Å². The molecule has 1 heterocycles. The Kier molecular flexibility index (Phi) is 2.85. The summed E-state index contributed by atoms with van der Waals surface area (Å²) in [4.78, 5) is 12.9. The van der Waals surface area contributed by atoms with Crippen LogP contribution in [0.25, 0.3) is 0 Å². The molecule has 2 rings (SSSR count). The van der Waals surface area contributed by atoms with Gasteiger partial charge in [-0.25, -0.2) is 0 Å². The molecule has 0 saturated carbocycles. The summed E-state index contributed by atoms with van der Waals surface area (Å²) in [6.07, 6.45) is -3.18. The second kappa shape index (κ2) is 4.05. The number of hydrogen-bond donors (Lipinski definition) is 0. The van der Waals surface area contributed by atoms with Crippen LogP contribution >= 0.6 is 0 Å². The average molecular weight is 243 g/mol. The third-order valence-corrected chi connectivity index (χ3v) is 3.12. The van der Waals surface area contributed by atoms with Gasteiger partial charge < -0.3 is 4.90 Å². The fourth-order valence-electron chi connectivity index (χ4n) is 2.09. The zero-order valence-electron chi connectivity index (χ0n) is 9.29. The SMILES string of the molecule is CN1C(=O)CC[C@@H]1c1ccc(C(F)(F)F)cc1. The van der Waals surface area contributed by atoms with Gasteiger partial charge >= 0.3 is 6.18 Å². The molecular weight excluding hydrogens is 231 g/mol. The highest BCUT2D eigenvalue weighted by Gasteiger charge is 2.32. The molecule has 1 aliphatic rings. The van der Waals surface area contributed by atoms with Gasteiger partial charge in [0, 0.05) is 13.5 Å². The second-order valence-electron chi connectivity index (χ2n) is 4.18. The Labute approximate surface area is 97.0 Å². The zero-order valence-corrected chi connectivity index (χ0v) is 9.29. The van der Waals surface area contributed by atoms with Crippen molar-refractivity contribution in [1.82, 2.24) is 4.90 Å². The van der Waals surface area contributed by atoms with E-state index in [4.69, 9.17) is 0 Å².